The lowest BCUT2D eigenvalue weighted by Gasteiger charge is -2.19. The Hall–Kier alpha value is -1.94. The minimum atomic E-state index is -3.53. The maximum atomic E-state index is 12.4. The number of carbonyl (C=O) groups is 2. The van der Waals surface area contributed by atoms with E-state index in [1.165, 1.54) is 15.5 Å². The van der Waals surface area contributed by atoms with Crippen molar-refractivity contribution in [3.05, 3.63) is 12.0 Å². The number of aromatic nitrogens is 2. The number of imidazole rings is 1. The summed E-state index contributed by atoms with van der Waals surface area (Å²) in [5.41, 5.74) is -0.859. The first-order valence-corrected chi connectivity index (χ1v) is 8.98. The van der Waals surface area contributed by atoms with Crippen molar-refractivity contribution in [2.24, 2.45) is 13.0 Å². The van der Waals surface area contributed by atoms with E-state index in [1.807, 2.05) is 0 Å². The fourth-order valence-electron chi connectivity index (χ4n) is 3.29. The predicted molar refractivity (Wildman–Crippen MR) is 78.7 cm³/mol. The minimum absolute atomic E-state index is 0.0447. The minimum Gasteiger partial charge on any atom is -0.323 e. The number of nitrogens with two attached hydrogens (primary N) is 1. The van der Waals surface area contributed by atoms with Gasteiger partial charge in [-0.05, 0) is 26.2 Å². The lowest BCUT2D eigenvalue weighted by atomic mass is 9.96. The second-order valence-corrected chi connectivity index (χ2v) is 8.09. The molecule has 1 aromatic rings. The number of rotatable bonds is 4. The number of sulfonamides is 1. The highest BCUT2D eigenvalue weighted by atomic mass is 32.2. The van der Waals surface area contributed by atoms with Crippen LogP contribution in [0.3, 0.4) is 0 Å². The van der Waals surface area contributed by atoms with Crippen molar-refractivity contribution < 1.29 is 22.7 Å². The van der Waals surface area contributed by atoms with E-state index in [0.29, 0.717) is 31.6 Å². The zero-order chi connectivity index (χ0) is 16.8. The number of nitrogens with one attached hydrogen (secondary N) is 2. The van der Waals surface area contributed by atoms with Crippen LogP contribution >= 0.6 is 0 Å². The molecule has 1 saturated heterocycles. The molecule has 9 nitrogen and oxygen atoms in total. The predicted octanol–water partition coefficient (Wildman–Crippen LogP) is -1.64. The van der Waals surface area contributed by atoms with Gasteiger partial charge in [-0.2, -0.15) is 8.42 Å². The van der Waals surface area contributed by atoms with Crippen LogP contribution in [0.15, 0.2) is 11.2 Å². The van der Waals surface area contributed by atoms with Crippen molar-refractivity contribution in [3.8, 4) is 0 Å². The Kier molecular flexibility index (Phi) is 3.68. The van der Waals surface area contributed by atoms with E-state index in [4.69, 9.17) is 0 Å². The molecule has 2 unspecified atom stereocenters. The summed E-state index contributed by atoms with van der Waals surface area (Å²) in [6.45, 7) is 2.08. The highest BCUT2D eigenvalue weighted by molar-refractivity contribution is 7.84. The number of imide groups is 1. The highest BCUT2D eigenvalue weighted by Gasteiger charge is 2.51. The van der Waals surface area contributed by atoms with E-state index in [1.54, 1.807) is 14.0 Å². The third kappa shape index (κ3) is 2.72. The number of hydrogen-bond acceptors (Lipinski definition) is 5. The number of primary sulfonamides is 1. The zero-order valence-electron chi connectivity index (χ0n) is 13.0. The average molecular weight is 342 g/mol. The molecule has 1 aromatic heterocycles. The molecule has 1 saturated carbocycles. The second-order valence-electron chi connectivity index (χ2n) is 6.25. The molecular weight excluding hydrogens is 322 g/mol. The van der Waals surface area contributed by atoms with Gasteiger partial charge in [0.1, 0.15) is 11.4 Å². The average Bonchev–Trinajstić information content (AvgIpc) is 3.10. The van der Waals surface area contributed by atoms with Gasteiger partial charge < -0.3 is 9.88 Å². The molecular formula is C13H20N5O4S+. The number of aryl methyl sites for hydroxylation is 1. The van der Waals surface area contributed by atoms with Crippen molar-refractivity contribution >= 4 is 22.0 Å². The van der Waals surface area contributed by atoms with Crippen molar-refractivity contribution in [3.63, 3.8) is 0 Å². The van der Waals surface area contributed by atoms with Gasteiger partial charge in [0, 0.05) is 13.0 Å². The Morgan fingerprint density at radius 3 is 2.78 bits per heavy atom. The van der Waals surface area contributed by atoms with Crippen LogP contribution < -0.4 is 15.4 Å². The third-order valence-electron chi connectivity index (χ3n) is 4.75. The van der Waals surface area contributed by atoms with Crippen molar-refractivity contribution in [1.29, 1.82) is 0 Å². The van der Waals surface area contributed by atoms with Gasteiger partial charge in [-0.1, -0.05) is 0 Å². The lowest BCUT2D eigenvalue weighted by Crippen LogP contribution is -2.88. The molecule has 23 heavy (non-hydrogen) atoms. The maximum Gasteiger partial charge on any atom is 0.341 e. The topological polar surface area (TPSA) is 127 Å². The number of urea groups is 1. The first kappa shape index (κ1) is 15.9. The van der Waals surface area contributed by atoms with Crippen molar-refractivity contribution in [2.75, 3.05) is 6.54 Å². The van der Waals surface area contributed by atoms with Gasteiger partial charge >= 0.3 is 16.1 Å². The molecule has 0 aromatic carbocycles. The molecule has 1 aliphatic heterocycles. The Morgan fingerprint density at radius 2 is 2.22 bits per heavy atom. The highest BCUT2D eigenvalue weighted by Crippen LogP contribution is 2.35. The molecule has 0 radical (unpaired) electrons. The maximum absolute atomic E-state index is 12.4. The van der Waals surface area contributed by atoms with Crippen LogP contribution in [-0.4, -0.2) is 42.0 Å². The van der Waals surface area contributed by atoms with Gasteiger partial charge in [-0.25, -0.2) is 14.5 Å². The van der Waals surface area contributed by atoms with Gasteiger partial charge in [0.05, 0.1) is 12.7 Å². The van der Waals surface area contributed by atoms with Crippen LogP contribution in [0.25, 0.3) is 0 Å². The van der Waals surface area contributed by atoms with Crippen LogP contribution in [0.1, 0.15) is 25.1 Å². The summed E-state index contributed by atoms with van der Waals surface area (Å²) in [7, 11) is -1.87. The van der Waals surface area contributed by atoms with Gasteiger partial charge in [0.2, 0.25) is 5.03 Å². The summed E-state index contributed by atoms with van der Waals surface area (Å²) >= 11 is 0. The van der Waals surface area contributed by atoms with Gasteiger partial charge in [-0.15, -0.1) is 0 Å². The first-order chi connectivity index (χ1) is 10.7. The molecule has 126 valence electrons. The van der Waals surface area contributed by atoms with E-state index in [9.17, 15) is 18.0 Å². The number of amides is 3. The molecule has 2 heterocycles. The largest absolute Gasteiger partial charge is 0.341 e. The molecule has 3 rings (SSSR count). The molecule has 10 heteroatoms. The van der Waals surface area contributed by atoms with E-state index >= 15 is 0 Å². The Labute approximate surface area is 133 Å². The summed E-state index contributed by atoms with van der Waals surface area (Å²) in [4.78, 5) is 27.2. The molecule has 2 atom stereocenters. The zero-order valence-corrected chi connectivity index (χ0v) is 13.8. The second kappa shape index (κ2) is 5.31. The third-order valence-corrected chi connectivity index (χ3v) is 6.34. The standard InChI is InChI=1S/C13H19N5O4S/c1-8-14-7-10(18(8)2)23(21,22)15-6-9-3-4-13(5-9)11(19)16-12(20)17-13/h7,9,15H,3-6H2,1-2H3,(H2,16,17,19,20)/p+1. The van der Waals surface area contributed by atoms with E-state index in [2.05, 4.69) is 15.6 Å². The number of carbonyl (C=O) groups excluding carboxylic acids is 2. The van der Waals surface area contributed by atoms with E-state index in [0.717, 1.165) is 0 Å². The lowest BCUT2D eigenvalue weighted by molar-refractivity contribution is -0.505. The molecule has 0 bridgehead atoms. The van der Waals surface area contributed by atoms with Gasteiger partial charge in [-0.3, -0.25) is 10.1 Å². The summed E-state index contributed by atoms with van der Waals surface area (Å²) < 4.78 is 27.6. The molecule has 1 spiro atoms. The van der Waals surface area contributed by atoms with E-state index in [-0.39, 0.29) is 16.9 Å². The van der Waals surface area contributed by atoms with Crippen LogP contribution in [0.5, 0.6) is 0 Å². The normalized spacial score (nSPS) is 27.5. The first-order valence-electron chi connectivity index (χ1n) is 7.44. The fraction of sp³-hybridized carbons (Fsp3) is 0.615. The monoisotopic (exact) mass is 342 g/mol. The quantitative estimate of drug-likeness (QED) is 0.566. The number of hydrogen-bond donors (Lipinski definition) is 3. The smallest absolute Gasteiger partial charge is 0.323 e. The van der Waals surface area contributed by atoms with E-state index < -0.39 is 21.6 Å². The summed E-state index contributed by atoms with van der Waals surface area (Å²) in [5.74, 6) is 0.362. The van der Waals surface area contributed by atoms with Crippen molar-refractivity contribution in [1.82, 2.24) is 20.2 Å². The molecule has 3 amide bonds. The Bertz CT molecular complexity index is 771. The summed E-state index contributed by atoms with van der Waals surface area (Å²) in [6, 6.07) is -0.474. The number of nitrogens with zero attached hydrogens (tertiary/aromatic N) is 2. The Morgan fingerprint density at radius 1 is 1.48 bits per heavy atom. The van der Waals surface area contributed by atoms with Crippen LogP contribution in [0, 0.1) is 12.8 Å². The summed E-state index contributed by atoms with van der Waals surface area (Å²) in [5, 5.41) is 5.08. The SMILES string of the molecule is Cc1ncc(S(=O)(=O)[NH2+]CC2CCC3(C2)NC(=O)NC3=O)n1C. The molecule has 2 aliphatic rings. The van der Waals surface area contributed by atoms with Crippen LogP contribution in [0.4, 0.5) is 4.79 Å². The van der Waals surface area contributed by atoms with Gasteiger partial charge in [0.25, 0.3) is 5.91 Å². The van der Waals surface area contributed by atoms with Crippen molar-refractivity contribution in [2.45, 2.75) is 36.8 Å². The fourth-order valence-corrected chi connectivity index (χ4v) is 4.70. The number of quaternary nitrogens is 1. The molecule has 2 fully saturated rings. The van der Waals surface area contributed by atoms with Gasteiger partial charge in [0.15, 0.2) is 0 Å². The van der Waals surface area contributed by atoms with Crippen LogP contribution in [-0.2, 0) is 21.9 Å². The summed E-state index contributed by atoms with van der Waals surface area (Å²) in [6.07, 6.45) is 3.04. The Balaban J connectivity index is 1.65. The molecule has 1 aliphatic carbocycles. The van der Waals surface area contributed by atoms with Crippen LogP contribution in [0.2, 0.25) is 0 Å². The molecule has 4 N–H and O–H groups in total.